The van der Waals surface area contributed by atoms with Gasteiger partial charge in [-0.1, -0.05) is 19.0 Å². The van der Waals surface area contributed by atoms with Gasteiger partial charge in [0.2, 0.25) is 0 Å². The predicted octanol–water partition coefficient (Wildman–Crippen LogP) is 3.27. The largest absolute Gasteiger partial charge is 0.490 e. The number of hydrogen-bond acceptors (Lipinski definition) is 5. The van der Waals surface area contributed by atoms with Gasteiger partial charge in [0.25, 0.3) is 0 Å². The van der Waals surface area contributed by atoms with Crippen molar-refractivity contribution < 1.29 is 18.2 Å². The zero-order chi connectivity index (χ0) is 15.5. The third kappa shape index (κ3) is 3.16. The SMILES string of the molecule is CC(C)c1conc1CS(=O)c1ccc2c(c1)OCCCO2. The second-order valence-corrected chi connectivity index (χ2v) is 6.97. The van der Waals surface area contributed by atoms with Gasteiger partial charge in [0.15, 0.2) is 11.5 Å². The molecule has 0 spiro atoms. The maximum absolute atomic E-state index is 12.6. The highest BCUT2D eigenvalue weighted by atomic mass is 32.2. The molecule has 2 heterocycles. The van der Waals surface area contributed by atoms with E-state index >= 15 is 0 Å². The van der Waals surface area contributed by atoms with Crippen LogP contribution >= 0.6 is 0 Å². The third-order valence-corrected chi connectivity index (χ3v) is 4.86. The fraction of sp³-hybridized carbons (Fsp3) is 0.438. The molecule has 1 atom stereocenters. The average Bonchev–Trinajstić information content (AvgIpc) is 2.83. The maximum Gasteiger partial charge on any atom is 0.162 e. The molecule has 0 saturated carbocycles. The number of aromatic nitrogens is 1. The van der Waals surface area contributed by atoms with E-state index in [1.165, 1.54) is 0 Å². The monoisotopic (exact) mass is 321 g/mol. The van der Waals surface area contributed by atoms with Crippen molar-refractivity contribution in [2.45, 2.75) is 36.8 Å². The first-order chi connectivity index (χ1) is 10.6. The van der Waals surface area contributed by atoms with Crippen molar-refractivity contribution in [3.05, 3.63) is 35.7 Å². The van der Waals surface area contributed by atoms with Gasteiger partial charge in [-0.25, -0.2) is 0 Å². The normalized spacial score (nSPS) is 15.6. The molecule has 22 heavy (non-hydrogen) atoms. The zero-order valence-electron chi connectivity index (χ0n) is 12.7. The van der Waals surface area contributed by atoms with Gasteiger partial charge in [-0.2, -0.15) is 0 Å². The fourth-order valence-corrected chi connectivity index (χ4v) is 3.43. The quantitative estimate of drug-likeness (QED) is 0.865. The lowest BCUT2D eigenvalue weighted by molar-refractivity contribution is 0.297. The Kier molecular flexibility index (Phi) is 4.47. The lowest BCUT2D eigenvalue weighted by atomic mass is 10.1. The first-order valence-corrected chi connectivity index (χ1v) is 8.68. The second-order valence-electron chi connectivity index (χ2n) is 5.52. The van der Waals surface area contributed by atoms with E-state index in [0.717, 1.165) is 17.7 Å². The molecule has 0 saturated heterocycles. The Labute approximate surface area is 132 Å². The average molecular weight is 321 g/mol. The highest BCUT2D eigenvalue weighted by Crippen LogP contribution is 2.32. The summed E-state index contributed by atoms with van der Waals surface area (Å²) in [6.45, 7) is 5.38. The Morgan fingerprint density at radius 2 is 2.00 bits per heavy atom. The van der Waals surface area contributed by atoms with Crippen LogP contribution in [0.3, 0.4) is 0 Å². The molecule has 5 nitrogen and oxygen atoms in total. The van der Waals surface area contributed by atoms with Crippen LogP contribution in [0, 0.1) is 0 Å². The molecule has 1 aromatic heterocycles. The minimum atomic E-state index is -1.20. The Morgan fingerprint density at radius 1 is 1.23 bits per heavy atom. The number of rotatable bonds is 4. The zero-order valence-corrected chi connectivity index (χ0v) is 13.5. The van der Waals surface area contributed by atoms with Crippen LogP contribution in [0.15, 0.2) is 33.9 Å². The molecule has 3 rings (SSSR count). The van der Waals surface area contributed by atoms with Gasteiger partial charge in [0.1, 0.15) is 6.26 Å². The van der Waals surface area contributed by atoms with Crippen molar-refractivity contribution in [3.63, 3.8) is 0 Å². The fourth-order valence-electron chi connectivity index (χ4n) is 2.34. The number of hydrogen-bond donors (Lipinski definition) is 0. The minimum Gasteiger partial charge on any atom is -0.490 e. The summed E-state index contributed by atoms with van der Waals surface area (Å²) >= 11 is 0. The van der Waals surface area contributed by atoms with E-state index in [-0.39, 0.29) is 0 Å². The van der Waals surface area contributed by atoms with Gasteiger partial charge in [0, 0.05) is 22.9 Å². The highest BCUT2D eigenvalue weighted by molar-refractivity contribution is 7.84. The Bertz CT molecular complexity index is 681. The first kappa shape index (κ1) is 15.1. The van der Waals surface area contributed by atoms with E-state index in [1.807, 2.05) is 12.1 Å². The number of benzene rings is 1. The molecule has 0 radical (unpaired) electrons. The molecule has 1 unspecified atom stereocenters. The molecule has 0 amide bonds. The van der Waals surface area contributed by atoms with E-state index in [1.54, 1.807) is 12.3 Å². The molecule has 0 fully saturated rings. The van der Waals surface area contributed by atoms with Crippen molar-refractivity contribution in [1.29, 1.82) is 0 Å². The van der Waals surface area contributed by atoms with Gasteiger partial charge < -0.3 is 14.0 Å². The summed E-state index contributed by atoms with van der Waals surface area (Å²) in [5, 5.41) is 3.98. The molecular weight excluding hydrogens is 302 g/mol. The number of fused-ring (bicyclic) bond motifs is 1. The van der Waals surface area contributed by atoms with Crippen molar-refractivity contribution in [3.8, 4) is 11.5 Å². The second kappa shape index (κ2) is 6.52. The van der Waals surface area contributed by atoms with Gasteiger partial charge in [0.05, 0.1) is 35.5 Å². The molecule has 1 aromatic carbocycles. The van der Waals surface area contributed by atoms with Crippen molar-refractivity contribution in [2.24, 2.45) is 0 Å². The Balaban J connectivity index is 1.80. The van der Waals surface area contributed by atoms with Crippen LogP contribution < -0.4 is 9.47 Å². The van der Waals surface area contributed by atoms with Crippen LogP contribution in [0.2, 0.25) is 0 Å². The van der Waals surface area contributed by atoms with Crippen LogP contribution in [-0.2, 0) is 16.6 Å². The summed E-state index contributed by atoms with van der Waals surface area (Å²) in [4.78, 5) is 0.710. The molecule has 118 valence electrons. The topological polar surface area (TPSA) is 61.6 Å². The number of ether oxygens (including phenoxy) is 2. The summed E-state index contributed by atoms with van der Waals surface area (Å²) in [6, 6.07) is 5.44. The van der Waals surface area contributed by atoms with E-state index < -0.39 is 10.8 Å². The lowest BCUT2D eigenvalue weighted by Gasteiger charge is -2.09. The Morgan fingerprint density at radius 3 is 2.77 bits per heavy atom. The van der Waals surface area contributed by atoms with Crippen LogP contribution in [-0.4, -0.2) is 22.6 Å². The molecule has 0 aliphatic carbocycles. The number of nitrogens with zero attached hydrogens (tertiary/aromatic N) is 1. The molecule has 6 heteroatoms. The minimum absolute atomic E-state index is 0.294. The summed E-state index contributed by atoms with van der Waals surface area (Å²) in [7, 11) is -1.20. The summed E-state index contributed by atoms with van der Waals surface area (Å²) in [5.41, 5.74) is 1.75. The first-order valence-electron chi connectivity index (χ1n) is 7.36. The summed E-state index contributed by atoms with van der Waals surface area (Å²) in [5.74, 6) is 2.00. The summed E-state index contributed by atoms with van der Waals surface area (Å²) < 4.78 is 28.8. The highest BCUT2D eigenvalue weighted by Gasteiger charge is 2.17. The maximum atomic E-state index is 12.6. The van der Waals surface area contributed by atoms with Gasteiger partial charge >= 0.3 is 0 Å². The van der Waals surface area contributed by atoms with Crippen molar-refractivity contribution in [1.82, 2.24) is 5.16 Å². The molecule has 0 N–H and O–H groups in total. The van der Waals surface area contributed by atoms with Crippen LogP contribution in [0.1, 0.15) is 37.4 Å². The summed E-state index contributed by atoms with van der Waals surface area (Å²) in [6.07, 6.45) is 2.48. The molecule has 1 aliphatic heterocycles. The van der Waals surface area contributed by atoms with E-state index in [0.29, 0.717) is 41.3 Å². The molecular formula is C16H19NO4S. The van der Waals surface area contributed by atoms with Gasteiger partial charge in [-0.05, 0) is 18.1 Å². The van der Waals surface area contributed by atoms with Gasteiger partial charge in [-0.3, -0.25) is 4.21 Å². The van der Waals surface area contributed by atoms with Crippen molar-refractivity contribution in [2.75, 3.05) is 13.2 Å². The lowest BCUT2D eigenvalue weighted by Crippen LogP contribution is -2.01. The molecule has 1 aliphatic rings. The van der Waals surface area contributed by atoms with E-state index in [2.05, 4.69) is 19.0 Å². The van der Waals surface area contributed by atoms with Gasteiger partial charge in [-0.15, -0.1) is 0 Å². The third-order valence-electron chi connectivity index (χ3n) is 3.55. The van der Waals surface area contributed by atoms with Crippen LogP contribution in [0.4, 0.5) is 0 Å². The van der Waals surface area contributed by atoms with Crippen molar-refractivity contribution >= 4 is 10.8 Å². The smallest absolute Gasteiger partial charge is 0.162 e. The standard InChI is InChI=1S/C16H19NO4S/c1-11(2)13-9-21-17-14(13)10-22(18)12-4-5-15-16(8-12)20-7-3-6-19-15/h4-5,8-9,11H,3,6-7,10H2,1-2H3. The van der Waals surface area contributed by atoms with E-state index in [9.17, 15) is 4.21 Å². The predicted molar refractivity (Wildman–Crippen MR) is 82.8 cm³/mol. The molecule has 0 bridgehead atoms. The van der Waals surface area contributed by atoms with E-state index in [4.69, 9.17) is 14.0 Å². The van der Waals surface area contributed by atoms with Crippen LogP contribution in [0.25, 0.3) is 0 Å². The van der Waals surface area contributed by atoms with Crippen LogP contribution in [0.5, 0.6) is 11.5 Å². The Hall–Kier alpha value is -1.82. The molecule has 2 aromatic rings.